The van der Waals surface area contributed by atoms with Gasteiger partial charge in [0, 0.05) is 0 Å². The Kier molecular flexibility index (Phi) is 1.90. The molecule has 0 N–H and O–H groups in total. The van der Waals surface area contributed by atoms with E-state index in [0.29, 0.717) is 5.76 Å². The standard InChI is InChI=1S/C11H9NO3/c1-11(2)10(13)7(6-12)9(15-11)8-4-3-5-14-8/h3-5H,1-2H3. The highest BCUT2D eigenvalue weighted by atomic mass is 16.5. The van der Waals surface area contributed by atoms with E-state index in [1.54, 1.807) is 26.0 Å². The highest BCUT2D eigenvalue weighted by molar-refractivity contribution is 6.12. The second kappa shape index (κ2) is 2.99. The van der Waals surface area contributed by atoms with Crippen LogP contribution < -0.4 is 0 Å². The summed E-state index contributed by atoms with van der Waals surface area (Å²) in [4.78, 5) is 11.7. The van der Waals surface area contributed by atoms with Crippen molar-refractivity contribution in [1.29, 1.82) is 5.26 Å². The zero-order chi connectivity index (χ0) is 11.1. The van der Waals surface area contributed by atoms with Gasteiger partial charge in [-0.05, 0) is 26.0 Å². The molecule has 0 bridgehead atoms. The van der Waals surface area contributed by atoms with Crippen LogP contribution in [0.3, 0.4) is 0 Å². The maximum Gasteiger partial charge on any atom is 0.220 e. The van der Waals surface area contributed by atoms with E-state index in [1.807, 2.05) is 6.07 Å². The molecule has 1 aliphatic rings. The molecule has 0 atom stereocenters. The lowest BCUT2D eigenvalue weighted by molar-refractivity contribution is -0.126. The zero-order valence-corrected chi connectivity index (χ0v) is 8.40. The van der Waals surface area contributed by atoms with E-state index in [0.717, 1.165) is 0 Å². The maximum absolute atomic E-state index is 11.7. The number of nitrogens with zero attached hydrogens (tertiary/aromatic N) is 1. The molecule has 0 saturated heterocycles. The van der Waals surface area contributed by atoms with E-state index in [2.05, 4.69) is 0 Å². The predicted octanol–water partition coefficient (Wildman–Crippen LogP) is 1.89. The lowest BCUT2D eigenvalue weighted by Gasteiger charge is -2.16. The third-order valence-corrected chi connectivity index (χ3v) is 2.21. The fourth-order valence-corrected chi connectivity index (χ4v) is 1.44. The summed E-state index contributed by atoms with van der Waals surface area (Å²) in [6.45, 7) is 3.26. The molecule has 0 radical (unpaired) electrons. The largest absolute Gasteiger partial charge is 0.474 e. The SMILES string of the molecule is CC1(C)OC(c2ccco2)=C(C#N)C1=O. The first-order valence-electron chi connectivity index (χ1n) is 4.48. The number of furan rings is 1. The van der Waals surface area contributed by atoms with Gasteiger partial charge in [0.1, 0.15) is 11.6 Å². The fourth-order valence-electron chi connectivity index (χ4n) is 1.44. The first-order chi connectivity index (χ1) is 7.06. The van der Waals surface area contributed by atoms with Crippen LogP contribution in [0.1, 0.15) is 19.6 Å². The van der Waals surface area contributed by atoms with Gasteiger partial charge in [-0.3, -0.25) is 4.79 Å². The van der Waals surface area contributed by atoms with Crippen molar-refractivity contribution in [2.45, 2.75) is 19.4 Å². The molecule has 2 heterocycles. The van der Waals surface area contributed by atoms with Gasteiger partial charge in [0.25, 0.3) is 0 Å². The monoisotopic (exact) mass is 203 g/mol. The van der Waals surface area contributed by atoms with Crippen molar-refractivity contribution in [3.63, 3.8) is 0 Å². The number of carbonyl (C=O) groups is 1. The van der Waals surface area contributed by atoms with Crippen molar-refractivity contribution in [3.05, 3.63) is 29.7 Å². The van der Waals surface area contributed by atoms with Gasteiger partial charge in [-0.25, -0.2) is 0 Å². The number of ketones is 1. The molecule has 0 aliphatic carbocycles. The van der Waals surface area contributed by atoms with Crippen LogP contribution in [0.4, 0.5) is 0 Å². The molecule has 76 valence electrons. The zero-order valence-electron chi connectivity index (χ0n) is 8.40. The molecule has 1 aliphatic heterocycles. The summed E-state index contributed by atoms with van der Waals surface area (Å²) in [5.41, 5.74) is -0.956. The van der Waals surface area contributed by atoms with Crippen molar-refractivity contribution in [1.82, 2.24) is 0 Å². The van der Waals surface area contributed by atoms with E-state index in [9.17, 15) is 4.79 Å². The maximum atomic E-state index is 11.7. The number of hydrogen-bond acceptors (Lipinski definition) is 4. The molecular formula is C11H9NO3. The number of rotatable bonds is 1. The molecule has 1 aromatic heterocycles. The van der Waals surface area contributed by atoms with E-state index in [1.165, 1.54) is 6.26 Å². The van der Waals surface area contributed by atoms with Crippen molar-refractivity contribution in [3.8, 4) is 6.07 Å². The summed E-state index contributed by atoms with van der Waals surface area (Å²) in [5.74, 6) is 0.333. The molecule has 4 heteroatoms. The molecule has 0 fully saturated rings. The average molecular weight is 203 g/mol. The van der Waals surface area contributed by atoms with E-state index in [4.69, 9.17) is 14.4 Å². The number of carbonyl (C=O) groups excluding carboxylic acids is 1. The third-order valence-electron chi connectivity index (χ3n) is 2.21. The predicted molar refractivity (Wildman–Crippen MR) is 51.4 cm³/mol. The quantitative estimate of drug-likeness (QED) is 0.699. The van der Waals surface area contributed by atoms with Gasteiger partial charge in [0.05, 0.1) is 6.26 Å². The smallest absolute Gasteiger partial charge is 0.220 e. The molecule has 4 nitrogen and oxygen atoms in total. The van der Waals surface area contributed by atoms with Crippen LogP contribution in [-0.4, -0.2) is 11.4 Å². The third kappa shape index (κ3) is 1.33. The Bertz CT molecular complexity index is 474. The number of nitriles is 1. The summed E-state index contributed by atoms with van der Waals surface area (Å²) in [6.07, 6.45) is 1.47. The Morgan fingerprint density at radius 1 is 1.47 bits per heavy atom. The molecule has 0 spiro atoms. The van der Waals surface area contributed by atoms with Gasteiger partial charge >= 0.3 is 0 Å². The minimum Gasteiger partial charge on any atom is -0.474 e. The Hall–Kier alpha value is -2.02. The van der Waals surface area contributed by atoms with Crippen LogP contribution in [0.15, 0.2) is 28.4 Å². The molecule has 0 amide bonds. The first-order valence-corrected chi connectivity index (χ1v) is 4.48. The molecule has 0 unspecified atom stereocenters. The van der Waals surface area contributed by atoms with Gasteiger partial charge in [-0.15, -0.1) is 0 Å². The molecule has 2 rings (SSSR count). The Labute approximate surface area is 86.8 Å². The summed E-state index contributed by atoms with van der Waals surface area (Å²) in [5, 5.41) is 8.89. The van der Waals surface area contributed by atoms with Crippen LogP contribution >= 0.6 is 0 Å². The van der Waals surface area contributed by atoms with Crippen LogP contribution in [-0.2, 0) is 9.53 Å². The van der Waals surface area contributed by atoms with Gasteiger partial charge < -0.3 is 9.15 Å². The highest BCUT2D eigenvalue weighted by Crippen LogP contribution is 2.35. The van der Waals surface area contributed by atoms with Crippen molar-refractivity contribution < 1.29 is 13.9 Å². The summed E-state index contributed by atoms with van der Waals surface area (Å²) in [7, 11) is 0. The number of hydrogen-bond donors (Lipinski definition) is 0. The lowest BCUT2D eigenvalue weighted by Crippen LogP contribution is -2.29. The van der Waals surface area contributed by atoms with E-state index < -0.39 is 5.60 Å². The normalized spacial score (nSPS) is 18.9. The van der Waals surface area contributed by atoms with Gasteiger partial charge in [0.15, 0.2) is 17.1 Å². The van der Waals surface area contributed by atoms with Crippen molar-refractivity contribution in [2.75, 3.05) is 0 Å². The van der Waals surface area contributed by atoms with E-state index in [-0.39, 0.29) is 17.1 Å². The molecular weight excluding hydrogens is 194 g/mol. The van der Waals surface area contributed by atoms with Crippen LogP contribution in [0.2, 0.25) is 0 Å². The van der Waals surface area contributed by atoms with Gasteiger partial charge in [-0.2, -0.15) is 5.26 Å². The van der Waals surface area contributed by atoms with Crippen LogP contribution in [0, 0.1) is 11.3 Å². The van der Waals surface area contributed by atoms with E-state index >= 15 is 0 Å². The fraction of sp³-hybridized carbons (Fsp3) is 0.273. The molecule has 0 aromatic carbocycles. The number of ether oxygens (including phenoxy) is 1. The molecule has 1 aromatic rings. The lowest BCUT2D eigenvalue weighted by atomic mass is 10.00. The number of Topliss-reactive ketones (excluding diaryl/α,β-unsaturated/α-hetero) is 1. The molecule has 15 heavy (non-hydrogen) atoms. The van der Waals surface area contributed by atoms with Crippen molar-refractivity contribution in [2.24, 2.45) is 0 Å². The minimum absolute atomic E-state index is 0.0231. The highest BCUT2D eigenvalue weighted by Gasteiger charge is 2.43. The second-order valence-corrected chi connectivity index (χ2v) is 3.73. The Balaban J connectivity index is 2.53. The molecule has 0 saturated carbocycles. The minimum atomic E-state index is -0.979. The van der Waals surface area contributed by atoms with Gasteiger partial charge in [0.2, 0.25) is 5.78 Å². The van der Waals surface area contributed by atoms with Crippen LogP contribution in [0.5, 0.6) is 0 Å². The summed E-state index contributed by atoms with van der Waals surface area (Å²) < 4.78 is 10.5. The van der Waals surface area contributed by atoms with Gasteiger partial charge in [-0.1, -0.05) is 0 Å². The Morgan fingerprint density at radius 3 is 2.73 bits per heavy atom. The van der Waals surface area contributed by atoms with Crippen LogP contribution in [0.25, 0.3) is 5.76 Å². The first kappa shape index (κ1) is 9.53. The second-order valence-electron chi connectivity index (χ2n) is 3.73. The summed E-state index contributed by atoms with van der Waals surface area (Å²) in [6, 6.07) is 5.18. The average Bonchev–Trinajstić information content (AvgIpc) is 2.75. The Morgan fingerprint density at radius 2 is 2.20 bits per heavy atom. The van der Waals surface area contributed by atoms with Crippen molar-refractivity contribution >= 4 is 11.5 Å². The summed E-state index contributed by atoms with van der Waals surface area (Å²) >= 11 is 0. The topological polar surface area (TPSA) is 63.2 Å².